The lowest BCUT2D eigenvalue weighted by Crippen LogP contribution is -2.71. The van der Waals surface area contributed by atoms with Crippen molar-refractivity contribution in [1.29, 1.82) is 0 Å². The molecule has 31 heteroatoms. The van der Waals surface area contributed by atoms with Crippen molar-refractivity contribution in [2.75, 3.05) is 33.0 Å². The van der Waals surface area contributed by atoms with Crippen molar-refractivity contribution < 1.29 is 143 Å². The zero-order valence-electron chi connectivity index (χ0n) is 37.7. The molecule has 6 rings (SSSR count). The summed E-state index contributed by atoms with van der Waals surface area (Å²) in [5, 5.41) is 175. The first-order chi connectivity index (χ1) is 33.0. The number of carbonyl (C=O) groups excluding carboxylic acids is 2. The van der Waals surface area contributed by atoms with Crippen LogP contribution in [-0.2, 0) is 61.7 Å². The van der Waals surface area contributed by atoms with E-state index in [1.807, 2.05) is 0 Å². The molecule has 6 fully saturated rings. The normalized spacial score (nSPS) is 50.3. The molecule has 6 saturated heterocycles. The molecule has 0 aliphatic carbocycles. The first-order valence-corrected chi connectivity index (χ1v) is 22.4. The first-order valence-electron chi connectivity index (χ1n) is 22.4. The molecule has 18 N–H and O–H groups in total. The lowest BCUT2D eigenvalue weighted by molar-refractivity contribution is -0.389. The lowest BCUT2D eigenvalue weighted by atomic mass is 9.93. The van der Waals surface area contributed by atoms with Crippen LogP contribution in [0.1, 0.15) is 20.8 Å². The Labute approximate surface area is 397 Å². The number of aliphatic hydroxyl groups is 16. The molecule has 406 valence electrons. The van der Waals surface area contributed by atoms with E-state index in [9.17, 15) is 91.3 Å². The topological polar surface area (TPSA) is 483 Å². The van der Waals surface area contributed by atoms with Gasteiger partial charge in [-0.05, 0) is 6.92 Å². The van der Waals surface area contributed by atoms with Crippen molar-refractivity contribution in [3.63, 3.8) is 0 Å². The highest BCUT2D eigenvalue weighted by Crippen LogP contribution is 2.36. The van der Waals surface area contributed by atoms with Gasteiger partial charge >= 0.3 is 0 Å². The molecular formula is C39H66N2O29. The quantitative estimate of drug-likeness (QED) is 0.0682. The Morgan fingerprint density at radius 2 is 0.957 bits per heavy atom. The summed E-state index contributed by atoms with van der Waals surface area (Å²) in [5.74, 6) is -1.60. The Morgan fingerprint density at radius 1 is 0.457 bits per heavy atom. The molecule has 0 aromatic rings. The van der Waals surface area contributed by atoms with Crippen molar-refractivity contribution in [2.45, 2.75) is 199 Å². The molecule has 31 nitrogen and oxygen atoms in total. The predicted molar refractivity (Wildman–Crippen MR) is 215 cm³/mol. The number of hydrogen-bond donors (Lipinski definition) is 18. The second kappa shape index (κ2) is 24.5. The Kier molecular flexibility index (Phi) is 20.0. The standard InChI is InChI=1S/C39H66N2O29/c1-9-19(48)24(53)29(58)38(62-9)69-32-18(41-11(3)46)34(59)63-15(6-44)31(32)68-35-17(40-10(2)45)23(52)30(14(5-43)65-35)67-39-33(70-37-27(56)20(49)12(47)7-60-37)26(55)22(51)16(66-39)8-61-36-28(57)25(54)21(50)13(4-42)64-36/h9,12-39,42-44,47-59H,4-8H2,1-3H3,(H,40,45)(H,41,46)/t9-,12+,13-,14-,15-,16+,17-,18-,19+,20-,21-,22+,23-,24+,25+,26-,27+,28+,29-,30-,31-,32-,33-,34-,35+,36+,37-,38-,39-/m1/s1. The third-order valence-corrected chi connectivity index (χ3v) is 12.8. The summed E-state index contributed by atoms with van der Waals surface area (Å²) in [4.78, 5) is 25.2. The van der Waals surface area contributed by atoms with Crippen LogP contribution >= 0.6 is 0 Å². The molecule has 2 amide bonds. The Morgan fingerprint density at radius 3 is 1.59 bits per heavy atom. The van der Waals surface area contributed by atoms with Crippen LogP contribution in [0.3, 0.4) is 0 Å². The average molecular weight is 1030 g/mol. The highest BCUT2D eigenvalue weighted by atomic mass is 16.8. The molecule has 6 heterocycles. The molecule has 0 saturated carbocycles. The van der Waals surface area contributed by atoms with E-state index in [1.54, 1.807) is 0 Å². The van der Waals surface area contributed by atoms with Crippen LogP contribution in [0.2, 0.25) is 0 Å². The second-order valence-electron chi connectivity index (χ2n) is 17.8. The Balaban J connectivity index is 1.29. The second-order valence-corrected chi connectivity index (χ2v) is 17.8. The van der Waals surface area contributed by atoms with Gasteiger partial charge in [0, 0.05) is 13.8 Å². The van der Waals surface area contributed by atoms with Crippen LogP contribution < -0.4 is 10.6 Å². The summed E-state index contributed by atoms with van der Waals surface area (Å²) >= 11 is 0. The van der Waals surface area contributed by atoms with Gasteiger partial charge in [-0.3, -0.25) is 9.59 Å². The van der Waals surface area contributed by atoms with Gasteiger partial charge in [-0.1, -0.05) is 0 Å². The van der Waals surface area contributed by atoms with Crippen molar-refractivity contribution in [2.24, 2.45) is 0 Å². The fourth-order valence-electron chi connectivity index (χ4n) is 8.86. The fourth-order valence-corrected chi connectivity index (χ4v) is 8.86. The molecule has 0 aromatic heterocycles. The van der Waals surface area contributed by atoms with E-state index < -0.39 is 223 Å². The van der Waals surface area contributed by atoms with Gasteiger partial charge in [0.25, 0.3) is 0 Å². The fraction of sp³-hybridized carbons (Fsp3) is 0.949. The zero-order valence-corrected chi connectivity index (χ0v) is 37.7. The van der Waals surface area contributed by atoms with Gasteiger partial charge < -0.3 is 144 Å². The van der Waals surface area contributed by atoms with Crippen LogP contribution in [0.4, 0.5) is 0 Å². The Hall–Kier alpha value is -2.14. The molecule has 0 bridgehead atoms. The zero-order chi connectivity index (χ0) is 51.6. The van der Waals surface area contributed by atoms with Crippen LogP contribution in [0.15, 0.2) is 0 Å². The number of hydrogen-bond acceptors (Lipinski definition) is 29. The summed E-state index contributed by atoms with van der Waals surface area (Å²) in [6, 6.07) is -3.40. The monoisotopic (exact) mass is 1030 g/mol. The summed E-state index contributed by atoms with van der Waals surface area (Å²) in [7, 11) is 0. The van der Waals surface area contributed by atoms with Gasteiger partial charge in [0.2, 0.25) is 11.8 Å². The third kappa shape index (κ3) is 12.3. The minimum absolute atomic E-state index is 0.601. The minimum Gasteiger partial charge on any atom is -0.394 e. The van der Waals surface area contributed by atoms with Crippen molar-refractivity contribution in [3.05, 3.63) is 0 Å². The number of ether oxygens (including phenoxy) is 11. The van der Waals surface area contributed by atoms with E-state index in [-0.39, 0.29) is 0 Å². The smallest absolute Gasteiger partial charge is 0.217 e. The van der Waals surface area contributed by atoms with Gasteiger partial charge in [-0.15, -0.1) is 0 Å². The lowest BCUT2D eigenvalue weighted by Gasteiger charge is -2.51. The van der Waals surface area contributed by atoms with E-state index in [2.05, 4.69) is 10.6 Å². The number of rotatable bonds is 16. The summed E-state index contributed by atoms with van der Waals surface area (Å²) in [6.07, 6.45) is -49.1. The summed E-state index contributed by atoms with van der Waals surface area (Å²) in [5.41, 5.74) is 0. The minimum atomic E-state index is -2.14. The third-order valence-electron chi connectivity index (χ3n) is 12.8. The maximum Gasteiger partial charge on any atom is 0.217 e. The van der Waals surface area contributed by atoms with E-state index in [0.29, 0.717) is 0 Å². The molecule has 70 heavy (non-hydrogen) atoms. The van der Waals surface area contributed by atoms with Crippen LogP contribution in [0, 0.1) is 0 Å². The molecule has 0 unspecified atom stereocenters. The molecule has 0 aromatic carbocycles. The molecule has 6 aliphatic rings. The average Bonchev–Trinajstić information content (AvgIpc) is 3.32. The maximum atomic E-state index is 12.8. The van der Waals surface area contributed by atoms with Gasteiger partial charge in [-0.2, -0.15) is 0 Å². The van der Waals surface area contributed by atoms with Crippen LogP contribution in [0.5, 0.6) is 0 Å². The molecular weight excluding hydrogens is 960 g/mol. The van der Waals surface area contributed by atoms with E-state index >= 15 is 0 Å². The van der Waals surface area contributed by atoms with E-state index in [0.717, 1.165) is 13.8 Å². The Bertz CT molecular complexity index is 1680. The van der Waals surface area contributed by atoms with Crippen molar-refractivity contribution in [3.8, 4) is 0 Å². The van der Waals surface area contributed by atoms with Crippen molar-refractivity contribution >= 4 is 11.8 Å². The van der Waals surface area contributed by atoms with E-state index in [1.165, 1.54) is 6.92 Å². The molecule has 6 aliphatic heterocycles. The van der Waals surface area contributed by atoms with Crippen molar-refractivity contribution in [1.82, 2.24) is 10.6 Å². The van der Waals surface area contributed by atoms with Gasteiger partial charge in [0.1, 0.15) is 134 Å². The van der Waals surface area contributed by atoms with Gasteiger partial charge in [0.05, 0.1) is 39.1 Å². The maximum absolute atomic E-state index is 12.8. The number of carbonyl (C=O) groups is 2. The van der Waals surface area contributed by atoms with Crippen LogP contribution in [-0.4, -0.2) is 305 Å². The summed E-state index contributed by atoms with van der Waals surface area (Å²) < 4.78 is 63.5. The number of aliphatic hydroxyl groups excluding tert-OH is 16. The molecule has 0 spiro atoms. The van der Waals surface area contributed by atoms with Gasteiger partial charge in [-0.25, -0.2) is 0 Å². The highest BCUT2D eigenvalue weighted by molar-refractivity contribution is 5.73. The van der Waals surface area contributed by atoms with E-state index in [4.69, 9.17) is 52.1 Å². The number of nitrogens with one attached hydrogen (secondary N) is 2. The highest BCUT2D eigenvalue weighted by Gasteiger charge is 2.57. The number of amides is 2. The molecule has 0 radical (unpaired) electrons. The summed E-state index contributed by atoms with van der Waals surface area (Å²) in [6.45, 7) is -0.861. The first kappa shape index (κ1) is 57.1. The largest absolute Gasteiger partial charge is 0.394 e. The SMILES string of the molecule is CC(=O)N[C@@H]1[C@@H](O[C@H]2O[C@H](C)[C@H](O)[C@H](O)[C@H]2O)[C@H](O[C@@H]2O[C@H](CO)[C@@H](O[C@H]3O[C@@H](CO[C@H]4O[C@H](CO)[C@@H](O)[C@H](O)[C@@H]4O)[C@H](O)[C@@H](O)[C@H]3O[C@H]3OC[C@H](O)[C@@H](O)[C@@H]3O)[C@H](O)[C@H]2NC(C)=O)[C@@H](CO)O[C@H]1O. The van der Waals surface area contributed by atoms with Gasteiger partial charge in [0.15, 0.2) is 37.7 Å². The van der Waals surface area contributed by atoms with Crippen LogP contribution in [0.25, 0.3) is 0 Å². The molecule has 29 atom stereocenters. The predicted octanol–water partition coefficient (Wildman–Crippen LogP) is -12.1.